The van der Waals surface area contributed by atoms with Gasteiger partial charge in [-0.1, -0.05) is 42.1 Å². The van der Waals surface area contributed by atoms with Gasteiger partial charge in [0.15, 0.2) is 11.0 Å². The van der Waals surface area contributed by atoms with Crippen LogP contribution in [-0.2, 0) is 13.6 Å². The molecule has 23 heavy (non-hydrogen) atoms. The van der Waals surface area contributed by atoms with Crippen molar-refractivity contribution < 1.29 is 4.79 Å². The molecule has 0 unspecified atom stereocenters. The lowest BCUT2D eigenvalue weighted by atomic mass is 10.2. The summed E-state index contributed by atoms with van der Waals surface area (Å²) in [6.45, 7) is 1.30. The van der Waals surface area contributed by atoms with Crippen molar-refractivity contribution >= 4 is 17.8 Å². The highest BCUT2D eigenvalue weighted by atomic mass is 32.2. The molecule has 0 bridgehead atoms. The molecule has 0 saturated carbocycles. The SMILES string of the molecule is CSc1nnc([C@H]2CCCN2C(=O)NCc2ccccc2)n1C. The van der Waals surface area contributed by atoms with Crippen LogP contribution in [0.3, 0.4) is 0 Å². The van der Waals surface area contributed by atoms with Crippen molar-refractivity contribution in [3.8, 4) is 0 Å². The van der Waals surface area contributed by atoms with Gasteiger partial charge >= 0.3 is 6.03 Å². The number of hydrogen-bond donors (Lipinski definition) is 1. The third-order valence-electron chi connectivity index (χ3n) is 4.15. The number of carbonyl (C=O) groups excluding carboxylic acids is 1. The molecule has 1 saturated heterocycles. The molecule has 2 amide bonds. The molecule has 2 aromatic rings. The van der Waals surface area contributed by atoms with E-state index in [2.05, 4.69) is 15.5 Å². The highest BCUT2D eigenvalue weighted by Crippen LogP contribution is 2.31. The van der Waals surface area contributed by atoms with E-state index in [0.29, 0.717) is 6.54 Å². The number of nitrogens with zero attached hydrogens (tertiary/aromatic N) is 4. The Labute approximate surface area is 140 Å². The molecule has 0 radical (unpaired) electrons. The Morgan fingerprint density at radius 2 is 2.13 bits per heavy atom. The van der Waals surface area contributed by atoms with Gasteiger partial charge in [0.2, 0.25) is 0 Å². The largest absolute Gasteiger partial charge is 0.334 e. The minimum atomic E-state index is -0.0370. The fourth-order valence-electron chi connectivity index (χ4n) is 2.95. The van der Waals surface area contributed by atoms with Crippen LogP contribution in [0.4, 0.5) is 4.79 Å². The van der Waals surface area contributed by atoms with Crippen molar-refractivity contribution in [2.45, 2.75) is 30.6 Å². The summed E-state index contributed by atoms with van der Waals surface area (Å²) < 4.78 is 1.98. The predicted octanol–water partition coefficient (Wildman–Crippen LogP) is 2.58. The molecule has 1 aromatic heterocycles. The topological polar surface area (TPSA) is 63.1 Å². The molecule has 1 aliphatic rings. The van der Waals surface area contributed by atoms with Crippen molar-refractivity contribution in [2.75, 3.05) is 12.8 Å². The molecule has 0 spiro atoms. The molecule has 2 heterocycles. The molecule has 0 aliphatic carbocycles. The van der Waals surface area contributed by atoms with E-state index in [-0.39, 0.29) is 12.1 Å². The zero-order valence-electron chi connectivity index (χ0n) is 13.4. The van der Waals surface area contributed by atoms with Gasteiger partial charge in [0.05, 0.1) is 6.04 Å². The van der Waals surface area contributed by atoms with Gasteiger partial charge in [0, 0.05) is 20.1 Å². The first-order chi connectivity index (χ1) is 11.2. The number of benzene rings is 1. The van der Waals surface area contributed by atoms with Gasteiger partial charge in [-0.3, -0.25) is 0 Å². The van der Waals surface area contributed by atoms with E-state index in [0.717, 1.165) is 35.9 Å². The van der Waals surface area contributed by atoms with Crippen molar-refractivity contribution in [1.82, 2.24) is 25.0 Å². The first-order valence-electron chi connectivity index (χ1n) is 7.72. The monoisotopic (exact) mass is 331 g/mol. The molecule has 1 atom stereocenters. The molecule has 3 rings (SSSR count). The van der Waals surface area contributed by atoms with Gasteiger partial charge in [0.25, 0.3) is 0 Å². The average Bonchev–Trinajstić information content (AvgIpc) is 3.19. The molecule has 122 valence electrons. The fourth-order valence-corrected chi connectivity index (χ4v) is 3.44. The van der Waals surface area contributed by atoms with Gasteiger partial charge in [0.1, 0.15) is 0 Å². The van der Waals surface area contributed by atoms with E-state index in [9.17, 15) is 4.79 Å². The van der Waals surface area contributed by atoms with Gasteiger partial charge < -0.3 is 14.8 Å². The van der Waals surface area contributed by atoms with Crippen LogP contribution in [0.25, 0.3) is 0 Å². The number of likely N-dealkylation sites (tertiary alicyclic amines) is 1. The number of carbonyl (C=O) groups is 1. The van der Waals surface area contributed by atoms with Gasteiger partial charge in [-0.15, -0.1) is 10.2 Å². The zero-order chi connectivity index (χ0) is 16.2. The summed E-state index contributed by atoms with van der Waals surface area (Å²) in [5, 5.41) is 12.4. The number of amides is 2. The van der Waals surface area contributed by atoms with E-state index in [1.807, 2.05) is 53.1 Å². The second kappa shape index (κ2) is 7.04. The molecule has 1 aliphatic heterocycles. The summed E-state index contributed by atoms with van der Waals surface area (Å²) in [5.41, 5.74) is 1.10. The van der Waals surface area contributed by atoms with Crippen LogP contribution in [0.15, 0.2) is 35.5 Å². The summed E-state index contributed by atoms with van der Waals surface area (Å²) in [6, 6.07) is 9.91. The first kappa shape index (κ1) is 15.9. The fraction of sp³-hybridized carbons (Fsp3) is 0.438. The van der Waals surface area contributed by atoms with Crippen LogP contribution in [0.1, 0.15) is 30.3 Å². The summed E-state index contributed by atoms with van der Waals surface area (Å²) in [6.07, 6.45) is 3.90. The van der Waals surface area contributed by atoms with Gasteiger partial charge in [-0.05, 0) is 24.7 Å². The number of hydrogen-bond acceptors (Lipinski definition) is 4. The lowest BCUT2D eigenvalue weighted by molar-refractivity contribution is 0.189. The van der Waals surface area contributed by atoms with Crippen LogP contribution >= 0.6 is 11.8 Å². The normalized spacial score (nSPS) is 17.5. The van der Waals surface area contributed by atoms with Crippen molar-refractivity contribution in [3.63, 3.8) is 0 Å². The summed E-state index contributed by atoms with van der Waals surface area (Å²) in [7, 11) is 1.96. The second-order valence-corrected chi connectivity index (χ2v) is 6.37. The third-order valence-corrected chi connectivity index (χ3v) is 4.87. The van der Waals surface area contributed by atoms with Crippen LogP contribution in [-0.4, -0.2) is 38.5 Å². The Morgan fingerprint density at radius 1 is 1.35 bits per heavy atom. The van der Waals surface area contributed by atoms with E-state index >= 15 is 0 Å². The van der Waals surface area contributed by atoms with Crippen LogP contribution in [0.5, 0.6) is 0 Å². The Bertz CT molecular complexity index is 672. The van der Waals surface area contributed by atoms with Gasteiger partial charge in [-0.25, -0.2) is 4.79 Å². The molecule has 6 nitrogen and oxygen atoms in total. The maximum atomic E-state index is 12.5. The summed E-state index contributed by atoms with van der Waals surface area (Å²) in [5.74, 6) is 0.863. The lowest BCUT2D eigenvalue weighted by Crippen LogP contribution is -2.39. The molecule has 7 heteroatoms. The van der Waals surface area contributed by atoms with Crippen molar-refractivity contribution in [2.24, 2.45) is 7.05 Å². The van der Waals surface area contributed by atoms with Crippen LogP contribution < -0.4 is 5.32 Å². The quantitative estimate of drug-likeness (QED) is 0.875. The number of aromatic nitrogens is 3. The molecular formula is C16H21N5OS. The van der Waals surface area contributed by atoms with E-state index in [4.69, 9.17) is 0 Å². The van der Waals surface area contributed by atoms with Gasteiger partial charge in [-0.2, -0.15) is 0 Å². The molecule has 1 N–H and O–H groups in total. The lowest BCUT2D eigenvalue weighted by Gasteiger charge is -2.24. The number of urea groups is 1. The summed E-state index contributed by atoms with van der Waals surface area (Å²) >= 11 is 1.56. The second-order valence-electron chi connectivity index (χ2n) is 5.60. The minimum Gasteiger partial charge on any atom is -0.334 e. The van der Waals surface area contributed by atoms with E-state index < -0.39 is 0 Å². The summed E-state index contributed by atoms with van der Waals surface area (Å²) in [4.78, 5) is 14.4. The Hall–Kier alpha value is -2.02. The molecule has 1 aromatic carbocycles. The number of nitrogens with one attached hydrogen (secondary N) is 1. The third kappa shape index (κ3) is 3.34. The Morgan fingerprint density at radius 3 is 2.83 bits per heavy atom. The van der Waals surface area contributed by atoms with Crippen LogP contribution in [0.2, 0.25) is 0 Å². The van der Waals surface area contributed by atoms with E-state index in [1.54, 1.807) is 11.8 Å². The average molecular weight is 331 g/mol. The molecule has 1 fully saturated rings. The number of rotatable bonds is 4. The highest BCUT2D eigenvalue weighted by molar-refractivity contribution is 7.98. The van der Waals surface area contributed by atoms with Crippen molar-refractivity contribution in [1.29, 1.82) is 0 Å². The zero-order valence-corrected chi connectivity index (χ0v) is 14.2. The maximum absolute atomic E-state index is 12.5. The van der Waals surface area contributed by atoms with Crippen molar-refractivity contribution in [3.05, 3.63) is 41.7 Å². The minimum absolute atomic E-state index is 0.00386. The Kier molecular flexibility index (Phi) is 4.85. The molecular weight excluding hydrogens is 310 g/mol. The predicted molar refractivity (Wildman–Crippen MR) is 90.1 cm³/mol. The highest BCUT2D eigenvalue weighted by Gasteiger charge is 2.33. The maximum Gasteiger partial charge on any atom is 0.318 e. The Balaban J connectivity index is 1.68. The van der Waals surface area contributed by atoms with Crippen LogP contribution in [0, 0.1) is 0 Å². The smallest absolute Gasteiger partial charge is 0.318 e. The standard InChI is InChI=1S/C16H21N5OS/c1-20-14(18-19-16(20)23-2)13-9-6-10-21(13)15(22)17-11-12-7-4-3-5-8-12/h3-5,7-8,13H,6,9-11H2,1-2H3,(H,17,22)/t13-/m1/s1. The number of thioether (sulfide) groups is 1. The van der Waals surface area contributed by atoms with E-state index in [1.165, 1.54) is 0 Å². The first-order valence-corrected chi connectivity index (χ1v) is 8.95.